The number of carbonyl (C=O) groups excluding carboxylic acids is 2. The molecule has 0 aliphatic heterocycles. The minimum Gasteiger partial charge on any atom is -0.267 e. The fourth-order valence-electron chi connectivity index (χ4n) is 1.60. The molecule has 2 amide bonds. The number of hydrogen-bond acceptors (Lipinski definition) is 5. The lowest BCUT2D eigenvalue weighted by Gasteiger charge is -2.05. The molecule has 1 aromatic heterocycles. The SMILES string of the molecule is Cc1sc(C(=O)NNC(=O)c2ccccc2)cc1[N+](=O)[O-]. The molecule has 2 aromatic rings. The van der Waals surface area contributed by atoms with Crippen molar-refractivity contribution in [3.63, 3.8) is 0 Å². The number of hydrogen-bond donors (Lipinski definition) is 2. The zero-order chi connectivity index (χ0) is 15.4. The zero-order valence-electron chi connectivity index (χ0n) is 11.0. The second kappa shape index (κ2) is 6.14. The van der Waals surface area contributed by atoms with E-state index in [2.05, 4.69) is 10.9 Å². The summed E-state index contributed by atoms with van der Waals surface area (Å²) in [6.07, 6.45) is 0. The molecule has 0 saturated heterocycles. The van der Waals surface area contributed by atoms with Crippen molar-refractivity contribution >= 4 is 28.8 Å². The van der Waals surface area contributed by atoms with Gasteiger partial charge in [-0.05, 0) is 19.1 Å². The molecular formula is C13H11N3O4S. The van der Waals surface area contributed by atoms with E-state index in [0.29, 0.717) is 10.4 Å². The lowest BCUT2D eigenvalue weighted by atomic mass is 10.2. The Morgan fingerprint density at radius 2 is 1.76 bits per heavy atom. The average Bonchev–Trinajstić information content (AvgIpc) is 2.87. The maximum atomic E-state index is 11.8. The normalized spacial score (nSPS) is 9.95. The molecule has 0 bridgehead atoms. The summed E-state index contributed by atoms with van der Waals surface area (Å²) in [7, 11) is 0. The standard InChI is InChI=1S/C13H11N3O4S/c1-8-10(16(19)20)7-11(21-8)13(18)15-14-12(17)9-5-3-2-4-6-9/h2-7H,1H3,(H,14,17)(H,15,18). The van der Waals surface area contributed by atoms with Gasteiger partial charge in [-0.3, -0.25) is 30.6 Å². The molecule has 108 valence electrons. The lowest BCUT2D eigenvalue weighted by molar-refractivity contribution is -0.385. The largest absolute Gasteiger partial charge is 0.283 e. The molecule has 21 heavy (non-hydrogen) atoms. The number of carbonyl (C=O) groups is 2. The number of rotatable bonds is 3. The minimum absolute atomic E-state index is 0.112. The number of hydrazine groups is 1. The number of nitrogens with one attached hydrogen (secondary N) is 2. The Labute approximate surface area is 123 Å². The molecule has 0 atom stereocenters. The number of amides is 2. The fraction of sp³-hybridized carbons (Fsp3) is 0.0769. The highest BCUT2D eigenvalue weighted by atomic mass is 32.1. The third-order valence-electron chi connectivity index (χ3n) is 2.64. The van der Waals surface area contributed by atoms with Crippen molar-refractivity contribution < 1.29 is 14.5 Å². The quantitative estimate of drug-likeness (QED) is 0.669. The van der Waals surface area contributed by atoms with Crippen LogP contribution in [0.15, 0.2) is 36.4 Å². The highest BCUT2D eigenvalue weighted by Crippen LogP contribution is 2.27. The first-order chi connectivity index (χ1) is 9.99. The van der Waals surface area contributed by atoms with Crippen LogP contribution in [0.3, 0.4) is 0 Å². The van der Waals surface area contributed by atoms with E-state index in [9.17, 15) is 19.7 Å². The number of benzene rings is 1. The Kier molecular flexibility index (Phi) is 4.29. The van der Waals surface area contributed by atoms with Crippen LogP contribution in [0, 0.1) is 17.0 Å². The highest BCUT2D eigenvalue weighted by molar-refractivity contribution is 7.14. The highest BCUT2D eigenvalue weighted by Gasteiger charge is 2.19. The van der Waals surface area contributed by atoms with Gasteiger partial charge in [0.15, 0.2) is 0 Å². The Bertz CT molecular complexity index is 697. The summed E-state index contributed by atoms with van der Waals surface area (Å²) in [6, 6.07) is 9.54. The average molecular weight is 305 g/mol. The van der Waals surface area contributed by atoms with Crippen LogP contribution in [0.2, 0.25) is 0 Å². The molecule has 0 radical (unpaired) electrons. The van der Waals surface area contributed by atoms with Gasteiger partial charge in [0.2, 0.25) is 0 Å². The van der Waals surface area contributed by atoms with Crippen LogP contribution < -0.4 is 10.9 Å². The molecule has 1 heterocycles. The summed E-state index contributed by atoms with van der Waals surface area (Å²) in [5.41, 5.74) is 4.76. The zero-order valence-corrected chi connectivity index (χ0v) is 11.8. The summed E-state index contributed by atoms with van der Waals surface area (Å²) in [4.78, 5) is 34.3. The predicted molar refractivity (Wildman–Crippen MR) is 77.1 cm³/mol. The first kappa shape index (κ1) is 14.7. The number of nitro groups is 1. The van der Waals surface area contributed by atoms with Gasteiger partial charge in [-0.15, -0.1) is 11.3 Å². The van der Waals surface area contributed by atoms with Gasteiger partial charge in [-0.2, -0.15) is 0 Å². The third-order valence-corrected chi connectivity index (χ3v) is 3.68. The van der Waals surface area contributed by atoms with E-state index in [1.807, 2.05) is 0 Å². The molecule has 2 N–H and O–H groups in total. The van der Waals surface area contributed by atoms with Crippen molar-refractivity contribution in [2.75, 3.05) is 0 Å². The fourth-order valence-corrected chi connectivity index (χ4v) is 2.48. The molecule has 8 heteroatoms. The van der Waals surface area contributed by atoms with Gasteiger partial charge < -0.3 is 0 Å². The topological polar surface area (TPSA) is 101 Å². The van der Waals surface area contributed by atoms with Gasteiger partial charge in [-0.25, -0.2) is 0 Å². The second-order valence-electron chi connectivity index (χ2n) is 4.08. The van der Waals surface area contributed by atoms with Crippen LogP contribution in [0.4, 0.5) is 5.69 Å². The minimum atomic E-state index is -0.597. The molecule has 7 nitrogen and oxygen atoms in total. The Morgan fingerprint density at radius 3 is 2.33 bits per heavy atom. The van der Waals surface area contributed by atoms with Crippen LogP contribution in [0.5, 0.6) is 0 Å². The van der Waals surface area contributed by atoms with Gasteiger partial charge in [0.1, 0.15) is 4.88 Å². The first-order valence-corrected chi connectivity index (χ1v) is 6.71. The van der Waals surface area contributed by atoms with E-state index < -0.39 is 16.7 Å². The maximum absolute atomic E-state index is 11.8. The molecule has 0 unspecified atom stereocenters. The van der Waals surface area contributed by atoms with E-state index >= 15 is 0 Å². The number of nitrogens with zero attached hydrogens (tertiary/aromatic N) is 1. The van der Waals surface area contributed by atoms with Gasteiger partial charge in [-0.1, -0.05) is 18.2 Å². The molecule has 0 aliphatic rings. The molecular weight excluding hydrogens is 294 g/mol. The Hall–Kier alpha value is -2.74. The van der Waals surface area contributed by atoms with Crippen LogP contribution in [-0.4, -0.2) is 16.7 Å². The van der Waals surface area contributed by atoms with E-state index in [1.165, 1.54) is 6.07 Å². The van der Waals surface area contributed by atoms with Crippen LogP contribution in [0.1, 0.15) is 24.9 Å². The van der Waals surface area contributed by atoms with Crippen molar-refractivity contribution in [1.29, 1.82) is 0 Å². The molecule has 0 saturated carbocycles. The predicted octanol–water partition coefficient (Wildman–Crippen LogP) is 2.04. The van der Waals surface area contributed by atoms with Crippen LogP contribution in [-0.2, 0) is 0 Å². The maximum Gasteiger partial charge on any atom is 0.283 e. The molecule has 0 aliphatic carbocycles. The van der Waals surface area contributed by atoms with E-state index in [0.717, 1.165) is 11.3 Å². The van der Waals surface area contributed by atoms with Crippen LogP contribution in [0.25, 0.3) is 0 Å². The van der Waals surface area contributed by atoms with E-state index in [1.54, 1.807) is 37.3 Å². The summed E-state index contributed by atoms with van der Waals surface area (Å²) < 4.78 is 0. The van der Waals surface area contributed by atoms with Gasteiger partial charge in [0.05, 0.1) is 9.80 Å². The second-order valence-corrected chi connectivity index (χ2v) is 5.34. The lowest BCUT2D eigenvalue weighted by Crippen LogP contribution is -2.41. The van der Waals surface area contributed by atoms with Crippen molar-refractivity contribution in [3.8, 4) is 0 Å². The Balaban J connectivity index is 2.01. The van der Waals surface area contributed by atoms with Crippen molar-refractivity contribution in [3.05, 3.63) is 61.8 Å². The third kappa shape index (κ3) is 3.42. The molecule has 1 aromatic carbocycles. The monoisotopic (exact) mass is 305 g/mol. The summed E-state index contributed by atoms with van der Waals surface area (Å²) >= 11 is 0.993. The van der Waals surface area contributed by atoms with Crippen molar-refractivity contribution in [1.82, 2.24) is 10.9 Å². The van der Waals surface area contributed by atoms with E-state index in [-0.39, 0.29) is 10.6 Å². The van der Waals surface area contributed by atoms with Crippen molar-refractivity contribution in [2.24, 2.45) is 0 Å². The van der Waals surface area contributed by atoms with E-state index in [4.69, 9.17) is 0 Å². The van der Waals surface area contributed by atoms with Crippen LogP contribution >= 0.6 is 11.3 Å². The van der Waals surface area contributed by atoms with Gasteiger partial charge >= 0.3 is 0 Å². The summed E-state index contributed by atoms with van der Waals surface area (Å²) in [5, 5.41) is 10.7. The Morgan fingerprint density at radius 1 is 1.14 bits per heavy atom. The summed E-state index contributed by atoms with van der Waals surface area (Å²) in [5.74, 6) is -1.06. The number of aryl methyl sites for hydroxylation is 1. The molecule has 2 rings (SSSR count). The summed E-state index contributed by atoms with van der Waals surface area (Å²) in [6.45, 7) is 1.56. The first-order valence-electron chi connectivity index (χ1n) is 5.89. The van der Waals surface area contributed by atoms with Gasteiger partial charge in [0, 0.05) is 11.6 Å². The molecule has 0 spiro atoms. The van der Waals surface area contributed by atoms with Gasteiger partial charge in [0.25, 0.3) is 17.5 Å². The molecule has 0 fully saturated rings. The van der Waals surface area contributed by atoms with Crippen molar-refractivity contribution in [2.45, 2.75) is 6.92 Å². The number of thiophene rings is 1. The smallest absolute Gasteiger partial charge is 0.267 e.